The predicted octanol–water partition coefficient (Wildman–Crippen LogP) is 2.25. The summed E-state index contributed by atoms with van der Waals surface area (Å²) in [6.07, 6.45) is 5.60. The van der Waals surface area contributed by atoms with Gasteiger partial charge in [0.25, 0.3) is 0 Å². The summed E-state index contributed by atoms with van der Waals surface area (Å²) in [6.45, 7) is 2.70. The molecular weight excluding hydrogens is 230 g/mol. The number of aryl methyl sites for hydroxylation is 1. The second-order valence-corrected chi connectivity index (χ2v) is 4.65. The van der Waals surface area contributed by atoms with E-state index in [4.69, 9.17) is 4.74 Å². The van der Waals surface area contributed by atoms with E-state index >= 15 is 0 Å². The number of nitrogens with zero attached hydrogens (tertiary/aromatic N) is 3. The maximum absolute atomic E-state index is 11.1. The minimum absolute atomic E-state index is 0.0924. The summed E-state index contributed by atoms with van der Waals surface area (Å²) in [6, 6.07) is 1.94. The molecule has 0 amide bonds. The molecule has 5 heteroatoms. The van der Waals surface area contributed by atoms with Gasteiger partial charge in [0.1, 0.15) is 5.69 Å². The quantitative estimate of drug-likeness (QED) is 0.761. The zero-order valence-corrected chi connectivity index (χ0v) is 10.3. The Labute approximate surface area is 105 Å². The lowest BCUT2D eigenvalue weighted by Crippen LogP contribution is -2.19. The molecule has 3 rings (SSSR count). The van der Waals surface area contributed by atoms with E-state index in [1.165, 1.54) is 0 Å². The van der Waals surface area contributed by atoms with Crippen LogP contribution in [-0.2, 0) is 4.74 Å². The maximum Gasteiger partial charge on any atom is 0.171 e. The normalized spacial score (nSPS) is 20.2. The fraction of sp³-hybridized carbons (Fsp3) is 0.462. The minimum atomic E-state index is -0.0924. The first kappa shape index (κ1) is 11.3. The molecule has 5 nitrogen and oxygen atoms in total. The molecule has 0 bridgehead atoms. The summed E-state index contributed by atoms with van der Waals surface area (Å²) in [5.74, 6) is 0. The van der Waals surface area contributed by atoms with Crippen LogP contribution < -0.4 is 0 Å². The van der Waals surface area contributed by atoms with Gasteiger partial charge in [0, 0.05) is 12.8 Å². The van der Waals surface area contributed by atoms with Crippen LogP contribution in [0.5, 0.6) is 0 Å². The molecule has 1 aliphatic heterocycles. The second-order valence-electron chi connectivity index (χ2n) is 4.65. The standard InChI is InChI=1S/C13H15N3O2/c1-9-6-10-11(8-17)15-16(13(10)14-7-9)12-4-2-3-5-18-12/h6-8,12H,2-5H2,1H3. The smallest absolute Gasteiger partial charge is 0.171 e. The molecule has 2 aromatic rings. The third-order valence-electron chi connectivity index (χ3n) is 3.25. The summed E-state index contributed by atoms with van der Waals surface area (Å²) in [5.41, 5.74) is 2.19. The van der Waals surface area contributed by atoms with Gasteiger partial charge in [0.05, 0.1) is 5.39 Å². The van der Waals surface area contributed by atoms with Crippen molar-refractivity contribution in [2.45, 2.75) is 32.4 Å². The van der Waals surface area contributed by atoms with Gasteiger partial charge in [-0.3, -0.25) is 4.79 Å². The van der Waals surface area contributed by atoms with Gasteiger partial charge in [0.15, 0.2) is 18.2 Å². The number of carbonyl (C=O) groups excluding carboxylic acids is 1. The Morgan fingerprint density at radius 2 is 2.39 bits per heavy atom. The lowest BCUT2D eigenvalue weighted by molar-refractivity contribution is -0.0371. The summed E-state index contributed by atoms with van der Waals surface area (Å²) in [4.78, 5) is 15.5. The zero-order chi connectivity index (χ0) is 12.5. The highest BCUT2D eigenvalue weighted by atomic mass is 16.5. The number of rotatable bonds is 2. The molecule has 0 aliphatic carbocycles. The van der Waals surface area contributed by atoms with Gasteiger partial charge >= 0.3 is 0 Å². The highest BCUT2D eigenvalue weighted by Crippen LogP contribution is 2.26. The van der Waals surface area contributed by atoms with Crippen LogP contribution in [0.4, 0.5) is 0 Å². The van der Waals surface area contributed by atoms with Crippen LogP contribution in [0, 0.1) is 6.92 Å². The average molecular weight is 245 g/mol. The van der Waals surface area contributed by atoms with Gasteiger partial charge in [-0.2, -0.15) is 5.10 Å². The summed E-state index contributed by atoms with van der Waals surface area (Å²) in [7, 11) is 0. The topological polar surface area (TPSA) is 57.0 Å². The minimum Gasteiger partial charge on any atom is -0.356 e. The summed E-state index contributed by atoms with van der Waals surface area (Å²) >= 11 is 0. The monoisotopic (exact) mass is 245 g/mol. The molecule has 1 aliphatic rings. The van der Waals surface area contributed by atoms with E-state index < -0.39 is 0 Å². The zero-order valence-electron chi connectivity index (χ0n) is 10.3. The molecule has 18 heavy (non-hydrogen) atoms. The molecular formula is C13H15N3O2. The maximum atomic E-state index is 11.1. The van der Waals surface area contributed by atoms with E-state index in [0.717, 1.165) is 48.8 Å². The second kappa shape index (κ2) is 4.49. The number of hydrogen-bond donors (Lipinski definition) is 0. The molecule has 3 heterocycles. The first-order valence-corrected chi connectivity index (χ1v) is 6.21. The number of pyridine rings is 1. The Morgan fingerprint density at radius 3 is 3.11 bits per heavy atom. The third kappa shape index (κ3) is 1.80. The Morgan fingerprint density at radius 1 is 1.50 bits per heavy atom. The van der Waals surface area contributed by atoms with Crippen molar-refractivity contribution in [3.63, 3.8) is 0 Å². The van der Waals surface area contributed by atoms with Crippen LogP contribution in [0.2, 0.25) is 0 Å². The van der Waals surface area contributed by atoms with E-state index in [2.05, 4.69) is 10.1 Å². The van der Waals surface area contributed by atoms with E-state index in [1.807, 2.05) is 13.0 Å². The molecule has 1 unspecified atom stereocenters. The van der Waals surface area contributed by atoms with Crippen molar-refractivity contribution in [3.8, 4) is 0 Å². The fourth-order valence-electron chi connectivity index (χ4n) is 2.35. The van der Waals surface area contributed by atoms with E-state index in [9.17, 15) is 4.79 Å². The lowest BCUT2D eigenvalue weighted by Gasteiger charge is -2.22. The Bertz CT molecular complexity index is 585. The molecule has 0 spiro atoms. The SMILES string of the molecule is Cc1cnc2c(c1)c(C=O)nn2C1CCCCO1. The Balaban J connectivity index is 2.13. The Kier molecular flexibility index (Phi) is 2.83. The number of fused-ring (bicyclic) bond motifs is 1. The van der Waals surface area contributed by atoms with Gasteiger partial charge in [-0.25, -0.2) is 9.67 Å². The van der Waals surface area contributed by atoms with E-state index in [1.54, 1.807) is 10.9 Å². The van der Waals surface area contributed by atoms with Crippen LogP contribution >= 0.6 is 0 Å². The summed E-state index contributed by atoms with van der Waals surface area (Å²) in [5, 5.41) is 5.14. The van der Waals surface area contributed by atoms with Gasteiger partial charge in [-0.1, -0.05) is 0 Å². The molecule has 1 fully saturated rings. The number of hydrogen-bond acceptors (Lipinski definition) is 4. The van der Waals surface area contributed by atoms with E-state index in [0.29, 0.717) is 5.69 Å². The van der Waals surface area contributed by atoms with Crippen LogP contribution in [-0.4, -0.2) is 27.7 Å². The largest absolute Gasteiger partial charge is 0.356 e. The number of carbonyl (C=O) groups is 1. The fourth-order valence-corrected chi connectivity index (χ4v) is 2.35. The molecule has 94 valence electrons. The highest BCUT2D eigenvalue weighted by molar-refractivity contribution is 5.93. The molecule has 2 aromatic heterocycles. The van der Waals surface area contributed by atoms with E-state index in [-0.39, 0.29) is 6.23 Å². The van der Waals surface area contributed by atoms with Crippen LogP contribution in [0.25, 0.3) is 11.0 Å². The average Bonchev–Trinajstić information content (AvgIpc) is 2.77. The first-order chi connectivity index (χ1) is 8.79. The molecule has 0 N–H and O–H groups in total. The van der Waals surface area contributed by atoms with Gasteiger partial charge in [-0.15, -0.1) is 0 Å². The van der Waals surface area contributed by atoms with Crippen molar-refractivity contribution in [2.24, 2.45) is 0 Å². The van der Waals surface area contributed by atoms with Gasteiger partial charge in [0.2, 0.25) is 0 Å². The molecule has 1 atom stereocenters. The highest BCUT2D eigenvalue weighted by Gasteiger charge is 2.21. The molecule has 1 saturated heterocycles. The first-order valence-electron chi connectivity index (χ1n) is 6.21. The van der Waals surface area contributed by atoms with Gasteiger partial charge in [-0.05, 0) is 37.8 Å². The third-order valence-corrected chi connectivity index (χ3v) is 3.25. The number of aldehydes is 1. The van der Waals surface area contributed by atoms with Gasteiger partial charge < -0.3 is 4.74 Å². The van der Waals surface area contributed by atoms with Crippen molar-refractivity contribution in [3.05, 3.63) is 23.5 Å². The van der Waals surface area contributed by atoms with Crippen molar-refractivity contribution in [2.75, 3.05) is 6.61 Å². The molecule has 0 radical (unpaired) electrons. The molecule has 0 saturated carbocycles. The van der Waals surface area contributed by atoms with Crippen molar-refractivity contribution in [1.82, 2.24) is 14.8 Å². The number of ether oxygens (including phenoxy) is 1. The molecule has 0 aromatic carbocycles. The number of aromatic nitrogens is 3. The Hall–Kier alpha value is -1.75. The predicted molar refractivity (Wildman–Crippen MR) is 66.5 cm³/mol. The lowest BCUT2D eigenvalue weighted by atomic mass is 10.2. The van der Waals surface area contributed by atoms with Crippen molar-refractivity contribution in [1.29, 1.82) is 0 Å². The summed E-state index contributed by atoms with van der Waals surface area (Å²) < 4.78 is 7.45. The van der Waals surface area contributed by atoms with Crippen LogP contribution in [0.1, 0.15) is 41.5 Å². The van der Waals surface area contributed by atoms with Crippen molar-refractivity contribution < 1.29 is 9.53 Å². The van der Waals surface area contributed by atoms with Crippen LogP contribution in [0.3, 0.4) is 0 Å². The van der Waals surface area contributed by atoms with Crippen molar-refractivity contribution >= 4 is 17.3 Å². The van der Waals surface area contributed by atoms with Crippen LogP contribution in [0.15, 0.2) is 12.3 Å².